The fraction of sp³-hybridized carbons (Fsp3) is 0.550. The summed E-state index contributed by atoms with van der Waals surface area (Å²) in [6, 6.07) is -1.21. The summed E-state index contributed by atoms with van der Waals surface area (Å²) >= 11 is 0. The average Bonchev–Trinajstić information content (AvgIpc) is 3.24. The first kappa shape index (κ1) is 56.6. The van der Waals surface area contributed by atoms with Crippen molar-refractivity contribution in [2.45, 2.75) is 102 Å². The zero-order chi connectivity index (χ0) is 50.1. The molecule has 66 heavy (non-hydrogen) atoms. The van der Waals surface area contributed by atoms with Crippen LogP contribution in [-0.2, 0) is 64.0 Å². The van der Waals surface area contributed by atoms with Gasteiger partial charge in [0.25, 0.3) is 0 Å². The smallest absolute Gasteiger partial charge is 0.243 e. The Balaban J connectivity index is 3.02. The number of nitrogens with two attached hydrogens (primary N) is 5. The lowest BCUT2D eigenvalue weighted by Gasteiger charge is -2.29. The molecule has 6 unspecified atom stereocenters. The van der Waals surface area contributed by atoms with Crippen molar-refractivity contribution in [2.24, 2.45) is 34.6 Å². The van der Waals surface area contributed by atoms with Gasteiger partial charge in [0.2, 0.25) is 70.9 Å². The van der Waals surface area contributed by atoms with Crippen molar-refractivity contribution in [1.29, 1.82) is 0 Å². The van der Waals surface area contributed by atoms with Gasteiger partial charge in [-0.3, -0.25) is 57.5 Å². The number of benzene rings is 1. The predicted octanol–water partition coefficient (Wildman–Crippen LogP) is -6.27. The Hall–Kier alpha value is -7.38. The fourth-order valence-corrected chi connectivity index (χ4v) is 5.93. The minimum atomic E-state index is -1.55. The molecular weight excluding hydrogens is 871 g/mol. The summed E-state index contributed by atoms with van der Waals surface area (Å²) in [6.45, 7) is 1.85. The summed E-state index contributed by atoms with van der Waals surface area (Å²) in [5, 5.41) is 26.6. The normalized spacial score (nSPS) is 13.4. The summed E-state index contributed by atoms with van der Waals surface area (Å²) in [5.41, 5.74) is 26.7. The lowest BCUT2D eigenvalue weighted by molar-refractivity contribution is -0.136. The van der Waals surface area contributed by atoms with Crippen molar-refractivity contribution in [1.82, 2.24) is 42.1 Å². The number of carbonyl (C=O) groups is 12. The van der Waals surface area contributed by atoms with Gasteiger partial charge in [0.05, 0.1) is 26.1 Å². The van der Waals surface area contributed by atoms with Crippen LogP contribution in [0.3, 0.4) is 0 Å². The van der Waals surface area contributed by atoms with E-state index in [0.29, 0.717) is 12.0 Å². The van der Waals surface area contributed by atoms with Crippen LogP contribution in [-0.4, -0.2) is 144 Å². The molecule has 0 aromatic heterocycles. The van der Waals surface area contributed by atoms with E-state index in [1.54, 1.807) is 13.8 Å². The van der Waals surface area contributed by atoms with Gasteiger partial charge in [-0.25, -0.2) is 0 Å². The second kappa shape index (κ2) is 29.1. The third kappa shape index (κ3) is 22.3. The first-order valence-electron chi connectivity index (χ1n) is 20.9. The largest absolute Gasteiger partial charge is 0.508 e. The van der Waals surface area contributed by atoms with Gasteiger partial charge in [0, 0.05) is 32.7 Å². The summed E-state index contributed by atoms with van der Waals surface area (Å²) in [4.78, 5) is 151. The highest BCUT2D eigenvalue weighted by atomic mass is 16.3. The number of hydrogen-bond acceptors (Lipinski definition) is 14. The third-order valence-corrected chi connectivity index (χ3v) is 9.79. The number of amides is 12. The van der Waals surface area contributed by atoms with Crippen LogP contribution in [0.5, 0.6) is 5.75 Å². The molecule has 0 saturated heterocycles. The molecule has 1 rings (SSSR count). The Morgan fingerprint density at radius 3 is 1.77 bits per heavy atom. The van der Waals surface area contributed by atoms with Crippen LogP contribution in [0, 0.1) is 5.92 Å². The zero-order valence-electron chi connectivity index (χ0n) is 37.1. The molecule has 0 bridgehead atoms. The van der Waals surface area contributed by atoms with E-state index in [1.807, 2.05) is 0 Å². The number of likely N-dealkylation sites (N-methyl/N-ethyl adjacent to an activating group) is 1. The van der Waals surface area contributed by atoms with Crippen LogP contribution in [0.2, 0.25) is 0 Å². The van der Waals surface area contributed by atoms with Crippen molar-refractivity contribution in [3.8, 4) is 5.75 Å². The van der Waals surface area contributed by atoms with Crippen LogP contribution >= 0.6 is 0 Å². The number of nitrogens with zero attached hydrogens (tertiary/aromatic N) is 1. The molecule has 1 aromatic carbocycles. The standard InChI is InChI=1S/C40H63N13O13/c1-4-21(2)35(40(66)50-24(12-13-28(42)55)38(64)51-26(36(45)62)17-29(43)56)52-39(65)27(16-22-8-10-23(54)11-9-22)49-32(59)19-46-31(58)6-5-7-34(61)53(3)20-33(60)48-25(14-15-41)37(63)47-18-30(44)57/h8-11,21,24-27,35,54H,4-7,12-20,41H2,1-3H3,(H2,42,55)(H2,43,56)(H2,44,57)(H2,45,62)(H,46,58)(H,47,63)(H,48,60)(H,49,59)(H,50,66)(H,51,64)(H,52,65). The molecule has 0 heterocycles. The minimum absolute atomic E-state index is 0.0126. The molecule has 0 spiro atoms. The molecule has 0 fully saturated rings. The van der Waals surface area contributed by atoms with Crippen LogP contribution < -0.4 is 65.9 Å². The Morgan fingerprint density at radius 2 is 1.21 bits per heavy atom. The summed E-state index contributed by atoms with van der Waals surface area (Å²) in [5.74, 6) is -10.5. The van der Waals surface area contributed by atoms with Gasteiger partial charge in [-0.05, 0) is 49.4 Å². The van der Waals surface area contributed by atoms with Gasteiger partial charge >= 0.3 is 0 Å². The maximum Gasteiger partial charge on any atom is 0.243 e. The topological polar surface area (TPSA) is 443 Å². The SMILES string of the molecule is CCC(C)C(NC(=O)C(Cc1ccc(O)cc1)NC(=O)CNC(=O)CCCC(=O)N(C)CC(=O)NC(CCN)C(=O)NCC(N)=O)C(=O)NC(CCC(N)=O)C(=O)NC(CC(N)=O)C(N)=O. The Bertz CT molecular complexity index is 1910. The Labute approximate surface area is 380 Å². The van der Waals surface area contributed by atoms with Crippen LogP contribution in [0.25, 0.3) is 0 Å². The van der Waals surface area contributed by atoms with Gasteiger partial charge in [-0.2, -0.15) is 0 Å². The van der Waals surface area contributed by atoms with Gasteiger partial charge < -0.3 is 75.9 Å². The lowest BCUT2D eigenvalue weighted by atomic mass is 9.96. The highest BCUT2D eigenvalue weighted by Crippen LogP contribution is 2.14. The molecular formula is C40H63N13O13. The molecule has 6 atom stereocenters. The third-order valence-electron chi connectivity index (χ3n) is 9.79. The van der Waals surface area contributed by atoms with Crippen LogP contribution in [0.15, 0.2) is 24.3 Å². The predicted molar refractivity (Wildman–Crippen MR) is 233 cm³/mol. The molecule has 0 aliphatic rings. The fourth-order valence-electron chi connectivity index (χ4n) is 5.93. The molecule has 0 saturated carbocycles. The summed E-state index contributed by atoms with van der Waals surface area (Å²) in [7, 11) is 1.33. The van der Waals surface area contributed by atoms with Crippen molar-refractivity contribution in [3.63, 3.8) is 0 Å². The number of nitrogens with one attached hydrogen (secondary N) is 7. The quantitative estimate of drug-likeness (QED) is 0.0330. The number of carbonyl (C=O) groups excluding carboxylic acids is 12. The van der Waals surface area contributed by atoms with E-state index in [1.165, 1.54) is 31.3 Å². The molecule has 366 valence electrons. The van der Waals surface area contributed by atoms with Gasteiger partial charge in [0.15, 0.2) is 0 Å². The van der Waals surface area contributed by atoms with E-state index in [2.05, 4.69) is 37.2 Å². The molecule has 18 N–H and O–H groups in total. The monoisotopic (exact) mass is 933 g/mol. The van der Waals surface area contributed by atoms with Crippen LogP contribution in [0.1, 0.15) is 70.8 Å². The minimum Gasteiger partial charge on any atom is -0.508 e. The summed E-state index contributed by atoms with van der Waals surface area (Å²) in [6.07, 6.45) is -1.59. The van der Waals surface area contributed by atoms with E-state index in [-0.39, 0.29) is 50.8 Å². The molecule has 1 aromatic rings. The number of phenols is 1. The zero-order valence-corrected chi connectivity index (χ0v) is 37.1. The average molecular weight is 934 g/mol. The molecule has 26 nitrogen and oxygen atoms in total. The lowest BCUT2D eigenvalue weighted by Crippen LogP contribution is -2.60. The van der Waals surface area contributed by atoms with Crippen molar-refractivity contribution < 1.29 is 62.6 Å². The van der Waals surface area contributed by atoms with Crippen molar-refractivity contribution in [2.75, 3.05) is 33.2 Å². The highest BCUT2D eigenvalue weighted by molar-refractivity contribution is 5.97. The van der Waals surface area contributed by atoms with E-state index < -0.39 is 139 Å². The van der Waals surface area contributed by atoms with E-state index in [0.717, 1.165) is 4.90 Å². The second-order valence-electron chi connectivity index (χ2n) is 15.3. The maximum absolute atomic E-state index is 13.9. The molecule has 0 aliphatic heterocycles. The van der Waals surface area contributed by atoms with Gasteiger partial charge in [-0.15, -0.1) is 0 Å². The number of primary amides is 4. The maximum atomic E-state index is 13.9. The van der Waals surface area contributed by atoms with Gasteiger partial charge in [0.1, 0.15) is 36.0 Å². The van der Waals surface area contributed by atoms with E-state index in [9.17, 15) is 62.6 Å². The number of hydrogen-bond donors (Lipinski definition) is 13. The number of aromatic hydroxyl groups is 1. The second-order valence-corrected chi connectivity index (χ2v) is 15.3. The van der Waals surface area contributed by atoms with Gasteiger partial charge in [-0.1, -0.05) is 32.4 Å². The van der Waals surface area contributed by atoms with Crippen molar-refractivity contribution >= 4 is 70.9 Å². The highest BCUT2D eigenvalue weighted by Gasteiger charge is 2.34. The number of phenolic OH excluding ortho intramolecular Hbond substituents is 1. The molecule has 26 heteroatoms. The Kier molecular flexibility index (Phi) is 25.0. The first-order valence-corrected chi connectivity index (χ1v) is 20.9. The molecule has 0 aliphatic carbocycles. The van der Waals surface area contributed by atoms with Crippen molar-refractivity contribution in [3.05, 3.63) is 29.8 Å². The van der Waals surface area contributed by atoms with Crippen LogP contribution in [0.4, 0.5) is 0 Å². The van der Waals surface area contributed by atoms with E-state index >= 15 is 0 Å². The number of rotatable bonds is 31. The molecule has 12 amide bonds. The van der Waals surface area contributed by atoms with E-state index in [4.69, 9.17) is 28.7 Å². The Morgan fingerprint density at radius 1 is 0.621 bits per heavy atom. The first-order chi connectivity index (χ1) is 31.0. The summed E-state index contributed by atoms with van der Waals surface area (Å²) < 4.78 is 0. The molecule has 0 radical (unpaired) electrons.